The van der Waals surface area contributed by atoms with Crippen molar-refractivity contribution in [2.45, 2.75) is 32.7 Å². The van der Waals surface area contributed by atoms with Gasteiger partial charge in [-0.1, -0.05) is 30.4 Å². The number of fused-ring (bicyclic) bond motifs is 1. The molecule has 38 heavy (non-hydrogen) atoms. The number of allylic oxidation sites excluding steroid dienone is 1. The predicted octanol–water partition coefficient (Wildman–Crippen LogP) is 5.92. The highest BCUT2D eigenvalue weighted by molar-refractivity contribution is 5.94. The number of para-hydroxylation sites is 2. The summed E-state index contributed by atoms with van der Waals surface area (Å²) in [5.74, 6) is 3.12. The Morgan fingerprint density at radius 2 is 1.79 bits per heavy atom. The zero-order valence-corrected chi connectivity index (χ0v) is 22.3. The Labute approximate surface area is 224 Å². The van der Waals surface area contributed by atoms with Crippen molar-refractivity contribution < 1.29 is 19.0 Å². The smallest absolute Gasteiger partial charge is 0.251 e. The van der Waals surface area contributed by atoms with Crippen LogP contribution in [0.1, 0.15) is 41.5 Å². The number of hydrogen-bond donors (Lipinski definition) is 1. The summed E-state index contributed by atoms with van der Waals surface area (Å²) < 4.78 is 19.0. The number of rotatable bonds is 13. The molecule has 0 bridgehead atoms. The largest absolute Gasteiger partial charge is 0.497 e. The van der Waals surface area contributed by atoms with Gasteiger partial charge in [0.15, 0.2) is 11.5 Å². The van der Waals surface area contributed by atoms with E-state index in [-0.39, 0.29) is 5.91 Å². The van der Waals surface area contributed by atoms with Crippen molar-refractivity contribution >= 4 is 23.0 Å². The van der Waals surface area contributed by atoms with Gasteiger partial charge in [0, 0.05) is 25.1 Å². The first-order chi connectivity index (χ1) is 18.6. The lowest BCUT2D eigenvalue weighted by molar-refractivity contribution is 0.0953. The first-order valence-corrected chi connectivity index (χ1v) is 12.9. The molecule has 3 aromatic carbocycles. The molecule has 0 saturated heterocycles. The highest BCUT2D eigenvalue weighted by Gasteiger charge is 2.12. The number of aryl methyl sites for hydroxylation is 2. The minimum atomic E-state index is -0.0903. The third-order valence-electron chi connectivity index (χ3n) is 6.28. The van der Waals surface area contributed by atoms with Gasteiger partial charge in [-0.15, -0.1) is 0 Å². The van der Waals surface area contributed by atoms with Crippen molar-refractivity contribution in [1.82, 2.24) is 14.9 Å². The van der Waals surface area contributed by atoms with Crippen LogP contribution in [-0.4, -0.2) is 42.8 Å². The fourth-order valence-electron chi connectivity index (χ4n) is 4.36. The van der Waals surface area contributed by atoms with Gasteiger partial charge in [0.2, 0.25) is 0 Å². The summed E-state index contributed by atoms with van der Waals surface area (Å²) in [6.07, 6.45) is 6.40. The summed E-state index contributed by atoms with van der Waals surface area (Å²) in [6.45, 7) is 3.90. The second-order valence-electron chi connectivity index (χ2n) is 8.87. The number of carbonyl (C=O) groups is 1. The van der Waals surface area contributed by atoms with E-state index >= 15 is 0 Å². The molecule has 1 amide bonds. The average Bonchev–Trinajstić information content (AvgIpc) is 3.31. The summed E-state index contributed by atoms with van der Waals surface area (Å²) in [6, 6.07) is 21.2. The number of amides is 1. The minimum Gasteiger partial charge on any atom is -0.497 e. The van der Waals surface area contributed by atoms with Gasteiger partial charge >= 0.3 is 0 Å². The van der Waals surface area contributed by atoms with Crippen LogP contribution < -0.4 is 19.5 Å². The number of nitrogens with zero attached hydrogens (tertiary/aromatic N) is 2. The molecule has 0 aliphatic heterocycles. The predicted molar refractivity (Wildman–Crippen MR) is 151 cm³/mol. The fourth-order valence-corrected chi connectivity index (χ4v) is 4.36. The second-order valence-corrected chi connectivity index (χ2v) is 8.87. The molecule has 7 heteroatoms. The van der Waals surface area contributed by atoms with E-state index in [0.29, 0.717) is 18.7 Å². The molecular formula is C31H35N3O4. The summed E-state index contributed by atoms with van der Waals surface area (Å²) in [4.78, 5) is 17.3. The zero-order chi connectivity index (χ0) is 26.7. The topological polar surface area (TPSA) is 74.6 Å². The number of carbonyl (C=O) groups excluding carboxylic acids is 1. The van der Waals surface area contributed by atoms with Crippen LogP contribution in [0.15, 0.2) is 72.8 Å². The Morgan fingerprint density at radius 3 is 2.55 bits per heavy atom. The summed E-state index contributed by atoms with van der Waals surface area (Å²) in [5, 5.41) is 3.00. The molecule has 0 aliphatic carbocycles. The summed E-state index contributed by atoms with van der Waals surface area (Å²) >= 11 is 0. The normalized spacial score (nSPS) is 11.1. The maximum Gasteiger partial charge on any atom is 0.251 e. The number of imidazole rings is 1. The van der Waals surface area contributed by atoms with Crippen molar-refractivity contribution in [2.75, 3.05) is 27.4 Å². The van der Waals surface area contributed by atoms with E-state index in [9.17, 15) is 4.79 Å². The highest BCUT2D eigenvalue weighted by atomic mass is 16.5. The molecule has 1 aromatic heterocycles. The van der Waals surface area contributed by atoms with E-state index in [4.69, 9.17) is 19.2 Å². The molecule has 1 heterocycles. The molecule has 0 spiro atoms. The third kappa shape index (κ3) is 6.73. The lowest BCUT2D eigenvalue weighted by Crippen LogP contribution is -2.25. The van der Waals surface area contributed by atoms with Gasteiger partial charge in [0.25, 0.3) is 5.91 Å². The number of benzene rings is 3. The fraction of sp³-hybridized carbons (Fsp3) is 0.290. The van der Waals surface area contributed by atoms with E-state index in [1.165, 1.54) is 0 Å². The van der Waals surface area contributed by atoms with E-state index in [1.54, 1.807) is 38.5 Å². The minimum absolute atomic E-state index is 0.0903. The Morgan fingerprint density at radius 1 is 0.974 bits per heavy atom. The van der Waals surface area contributed by atoms with Crippen LogP contribution in [0.5, 0.6) is 17.2 Å². The second kappa shape index (κ2) is 13.3. The van der Waals surface area contributed by atoms with E-state index < -0.39 is 0 Å². The molecule has 1 N–H and O–H groups in total. The first kappa shape index (κ1) is 26.8. The van der Waals surface area contributed by atoms with E-state index in [1.807, 2.05) is 55.5 Å². The van der Waals surface area contributed by atoms with Gasteiger partial charge in [0.05, 0.1) is 31.9 Å². The van der Waals surface area contributed by atoms with Crippen molar-refractivity contribution in [2.24, 2.45) is 0 Å². The maximum atomic E-state index is 12.5. The number of nitrogens with one attached hydrogen (secondary N) is 1. The molecule has 0 fully saturated rings. The molecule has 0 aliphatic rings. The SMILES string of the molecule is C/C=C/c1ccc(OCCCn2c(CCCNC(=O)c3ccc(OC)cc3)nc3ccccc32)c(OC)c1. The van der Waals surface area contributed by atoms with Crippen LogP contribution in [0.2, 0.25) is 0 Å². The molecule has 0 atom stereocenters. The van der Waals surface area contributed by atoms with Gasteiger partial charge in [-0.2, -0.15) is 0 Å². The average molecular weight is 514 g/mol. The standard InChI is InChI=1S/C31H35N3O4/c1-4-9-23-13-18-28(29(22-23)37-3)38-21-8-20-34-27-11-6-5-10-26(27)33-30(34)12-7-19-32-31(35)24-14-16-25(36-2)17-15-24/h4-6,9-11,13-18,22H,7-8,12,19-21H2,1-3H3,(H,32,35)/b9-4+. The Bertz CT molecular complexity index is 1380. The van der Waals surface area contributed by atoms with Gasteiger partial charge in [-0.05, 0) is 73.9 Å². The van der Waals surface area contributed by atoms with E-state index in [2.05, 4.69) is 16.0 Å². The molecule has 0 saturated carbocycles. The van der Waals surface area contributed by atoms with Crippen LogP contribution in [-0.2, 0) is 13.0 Å². The van der Waals surface area contributed by atoms with Crippen molar-refractivity contribution in [3.05, 3.63) is 89.8 Å². The van der Waals surface area contributed by atoms with Crippen molar-refractivity contribution in [3.63, 3.8) is 0 Å². The van der Waals surface area contributed by atoms with Crippen LogP contribution in [0, 0.1) is 0 Å². The van der Waals surface area contributed by atoms with Gasteiger partial charge < -0.3 is 24.1 Å². The number of hydrogen-bond acceptors (Lipinski definition) is 5. The molecule has 0 unspecified atom stereocenters. The lowest BCUT2D eigenvalue weighted by Gasteiger charge is -2.13. The summed E-state index contributed by atoms with van der Waals surface area (Å²) in [7, 11) is 3.27. The van der Waals surface area contributed by atoms with Gasteiger partial charge in [0.1, 0.15) is 11.6 Å². The van der Waals surface area contributed by atoms with Gasteiger partial charge in [-0.25, -0.2) is 4.98 Å². The monoisotopic (exact) mass is 513 g/mol. The highest BCUT2D eigenvalue weighted by Crippen LogP contribution is 2.29. The lowest BCUT2D eigenvalue weighted by atomic mass is 10.2. The van der Waals surface area contributed by atoms with Gasteiger partial charge in [-0.3, -0.25) is 4.79 Å². The zero-order valence-electron chi connectivity index (χ0n) is 22.3. The first-order valence-electron chi connectivity index (χ1n) is 12.9. The summed E-state index contributed by atoms with van der Waals surface area (Å²) in [5.41, 5.74) is 3.78. The van der Waals surface area contributed by atoms with Crippen LogP contribution in [0.25, 0.3) is 17.1 Å². The molecule has 4 rings (SSSR count). The van der Waals surface area contributed by atoms with Crippen molar-refractivity contribution in [1.29, 1.82) is 0 Å². The maximum absolute atomic E-state index is 12.5. The molecule has 7 nitrogen and oxygen atoms in total. The number of methoxy groups -OCH3 is 2. The third-order valence-corrected chi connectivity index (χ3v) is 6.28. The van der Waals surface area contributed by atoms with Crippen LogP contribution in [0.3, 0.4) is 0 Å². The molecule has 0 radical (unpaired) electrons. The molecular weight excluding hydrogens is 478 g/mol. The number of ether oxygens (including phenoxy) is 3. The Hall–Kier alpha value is -4.26. The van der Waals surface area contributed by atoms with Crippen LogP contribution >= 0.6 is 0 Å². The number of aromatic nitrogens is 2. The quantitative estimate of drug-likeness (QED) is 0.225. The Balaban J connectivity index is 1.33. The van der Waals surface area contributed by atoms with Crippen molar-refractivity contribution in [3.8, 4) is 17.2 Å². The van der Waals surface area contributed by atoms with Crippen LogP contribution in [0.4, 0.5) is 0 Å². The Kier molecular flexibility index (Phi) is 9.40. The molecule has 4 aromatic rings. The molecule has 198 valence electrons. The van der Waals surface area contributed by atoms with E-state index in [0.717, 1.165) is 65.5 Å².